The summed E-state index contributed by atoms with van der Waals surface area (Å²) in [5.74, 6) is 0.0402. The third-order valence-corrected chi connectivity index (χ3v) is 4.41. The molecule has 0 spiro atoms. The van der Waals surface area contributed by atoms with E-state index in [9.17, 15) is 9.59 Å². The van der Waals surface area contributed by atoms with Gasteiger partial charge in [-0.1, -0.05) is 37.3 Å². The van der Waals surface area contributed by atoms with Gasteiger partial charge in [-0.25, -0.2) is 0 Å². The molecule has 0 saturated carbocycles. The van der Waals surface area contributed by atoms with E-state index in [0.29, 0.717) is 31.7 Å². The van der Waals surface area contributed by atoms with Crippen molar-refractivity contribution in [2.24, 2.45) is 0 Å². The fraction of sp³-hybridized carbons (Fsp3) is 0.368. The van der Waals surface area contributed by atoms with Crippen molar-refractivity contribution < 1.29 is 9.53 Å². The summed E-state index contributed by atoms with van der Waals surface area (Å²) in [6, 6.07) is 11.2. The molecular formula is C19H22N2O3. The van der Waals surface area contributed by atoms with Crippen LogP contribution in [0.2, 0.25) is 0 Å². The van der Waals surface area contributed by atoms with Gasteiger partial charge in [-0.3, -0.25) is 9.59 Å². The number of benzene rings is 1. The SMILES string of the molecule is CCc1cc(=O)c(OCc2ccccc2)c2n1CCN(CC)C2=O. The van der Waals surface area contributed by atoms with Gasteiger partial charge in [0.2, 0.25) is 5.43 Å². The van der Waals surface area contributed by atoms with Crippen LogP contribution in [0.1, 0.15) is 35.6 Å². The van der Waals surface area contributed by atoms with Crippen molar-refractivity contribution in [1.82, 2.24) is 9.47 Å². The maximum absolute atomic E-state index is 12.8. The topological polar surface area (TPSA) is 51.5 Å². The van der Waals surface area contributed by atoms with Gasteiger partial charge in [0.1, 0.15) is 6.61 Å². The van der Waals surface area contributed by atoms with Crippen LogP contribution in [-0.2, 0) is 19.6 Å². The Morgan fingerprint density at radius 3 is 2.50 bits per heavy atom. The molecule has 1 amide bonds. The molecular weight excluding hydrogens is 304 g/mol. The Bertz CT molecular complexity index is 796. The van der Waals surface area contributed by atoms with Crippen molar-refractivity contribution >= 4 is 5.91 Å². The minimum atomic E-state index is -0.222. The second kappa shape index (κ2) is 6.91. The molecule has 1 aliphatic rings. The lowest BCUT2D eigenvalue weighted by atomic mass is 10.1. The van der Waals surface area contributed by atoms with E-state index in [1.54, 1.807) is 11.0 Å². The average molecular weight is 326 g/mol. The van der Waals surface area contributed by atoms with Gasteiger partial charge >= 0.3 is 0 Å². The first-order valence-electron chi connectivity index (χ1n) is 8.38. The quantitative estimate of drug-likeness (QED) is 0.848. The second-order valence-electron chi connectivity index (χ2n) is 5.84. The van der Waals surface area contributed by atoms with Crippen LogP contribution in [0.5, 0.6) is 5.75 Å². The van der Waals surface area contributed by atoms with Crippen LogP contribution in [0, 0.1) is 0 Å². The van der Waals surface area contributed by atoms with E-state index < -0.39 is 0 Å². The summed E-state index contributed by atoms with van der Waals surface area (Å²) in [6.45, 7) is 6.19. The number of carbonyl (C=O) groups is 1. The number of hydrogen-bond acceptors (Lipinski definition) is 3. The van der Waals surface area contributed by atoms with E-state index >= 15 is 0 Å². The standard InChI is InChI=1S/C19H22N2O3/c1-3-15-12-16(22)18(24-13-14-8-6-5-7-9-14)17-19(23)20(4-2)10-11-21(15)17/h5-9,12H,3-4,10-11,13H2,1-2H3. The molecule has 126 valence electrons. The number of likely N-dealkylation sites (N-methyl/N-ethyl adjacent to an activating group) is 1. The number of pyridine rings is 1. The van der Waals surface area contributed by atoms with Crippen LogP contribution in [0.15, 0.2) is 41.2 Å². The number of nitrogens with zero attached hydrogens (tertiary/aromatic N) is 2. The highest BCUT2D eigenvalue weighted by atomic mass is 16.5. The molecule has 5 nitrogen and oxygen atoms in total. The number of ether oxygens (including phenoxy) is 1. The molecule has 2 heterocycles. The number of aryl methyl sites for hydroxylation is 1. The lowest BCUT2D eigenvalue weighted by Crippen LogP contribution is -2.42. The number of rotatable bonds is 5. The van der Waals surface area contributed by atoms with Gasteiger partial charge in [-0.05, 0) is 18.9 Å². The van der Waals surface area contributed by atoms with Gasteiger partial charge in [0.05, 0.1) is 0 Å². The minimum absolute atomic E-state index is 0.126. The van der Waals surface area contributed by atoms with E-state index in [1.807, 2.05) is 48.7 Å². The van der Waals surface area contributed by atoms with Crippen LogP contribution in [0.3, 0.4) is 0 Å². The van der Waals surface area contributed by atoms with Crippen molar-refractivity contribution in [3.63, 3.8) is 0 Å². The summed E-state index contributed by atoms with van der Waals surface area (Å²) in [7, 11) is 0. The van der Waals surface area contributed by atoms with Gasteiger partial charge in [0.15, 0.2) is 11.4 Å². The monoisotopic (exact) mass is 326 g/mol. The van der Waals surface area contributed by atoms with Gasteiger partial charge in [-0.15, -0.1) is 0 Å². The zero-order chi connectivity index (χ0) is 17.1. The molecule has 0 aliphatic carbocycles. The van der Waals surface area contributed by atoms with Crippen LogP contribution in [0.25, 0.3) is 0 Å². The third kappa shape index (κ3) is 2.94. The summed E-state index contributed by atoms with van der Waals surface area (Å²) in [6.07, 6.45) is 0.709. The largest absolute Gasteiger partial charge is 0.483 e. The molecule has 0 radical (unpaired) electrons. The van der Waals surface area contributed by atoms with Crippen LogP contribution in [0.4, 0.5) is 0 Å². The van der Waals surface area contributed by atoms with E-state index in [0.717, 1.165) is 11.3 Å². The zero-order valence-corrected chi connectivity index (χ0v) is 14.1. The Kier molecular flexibility index (Phi) is 4.69. The van der Waals surface area contributed by atoms with Crippen molar-refractivity contribution in [2.75, 3.05) is 13.1 Å². The van der Waals surface area contributed by atoms with Gasteiger partial charge in [0, 0.05) is 31.4 Å². The molecule has 0 atom stereocenters. The minimum Gasteiger partial charge on any atom is -0.483 e. The molecule has 1 aromatic carbocycles. The predicted octanol–water partition coefficient (Wildman–Crippen LogP) is 2.47. The number of amides is 1. The summed E-state index contributed by atoms with van der Waals surface area (Å²) in [5, 5.41) is 0. The Balaban J connectivity index is 2.02. The molecule has 0 N–H and O–H groups in total. The molecule has 2 aromatic rings. The summed E-state index contributed by atoms with van der Waals surface area (Å²) in [5.41, 5.74) is 2.01. The Labute approximate surface area is 141 Å². The second-order valence-corrected chi connectivity index (χ2v) is 5.84. The highest BCUT2D eigenvalue weighted by Crippen LogP contribution is 2.23. The molecule has 24 heavy (non-hydrogen) atoms. The summed E-state index contributed by atoms with van der Waals surface area (Å²) in [4.78, 5) is 27.1. The predicted molar refractivity (Wildman–Crippen MR) is 92.4 cm³/mol. The Morgan fingerprint density at radius 2 is 1.83 bits per heavy atom. The number of aromatic nitrogens is 1. The molecule has 5 heteroatoms. The first-order valence-corrected chi connectivity index (χ1v) is 8.38. The normalized spacial score (nSPS) is 13.8. The van der Waals surface area contributed by atoms with Crippen molar-refractivity contribution in [3.8, 4) is 5.75 Å². The summed E-state index contributed by atoms with van der Waals surface area (Å²) < 4.78 is 7.74. The number of hydrogen-bond donors (Lipinski definition) is 0. The fourth-order valence-electron chi connectivity index (χ4n) is 3.08. The van der Waals surface area contributed by atoms with Gasteiger partial charge in [0.25, 0.3) is 5.91 Å². The van der Waals surface area contributed by atoms with E-state index in [2.05, 4.69) is 0 Å². The van der Waals surface area contributed by atoms with Gasteiger partial charge in [-0.2, -0.15) is 0 Å². The molecule has 1 aromatic heterocycles. The lowest BCUT2D eigenvalue weighted by Gasteiger charge is -2.31. The number of fused-ring (bicyclic) bond motifs is 1. The van der Waals surface area contributed by atoms with Crippen LogP contribution < -0.4 is 10.2 Å². The third-order valence-electron chi connectivity index (χ3n) is 4.41. The Morgan fingerprint density at radius 1 is 1.08 bits per heavy atom. The van der Waals surface area contributed by atoms with Gasteiger partial charge < -0.3 is 14.2 Å². The number of carbonyl (C=O) groups excluding carboxylic acids is 1. The molecule has 0 fully saturated rings. The smallest absolute Gasteiger partial charge is 0.274 e. The van der Waals surface area contributed by atoms with Crippen molar-refractivity contribution in [2.45, 2.75) is 33.4 Å². The molecule has 1 aliphatic heterocycles. The lowest BCUT2D eigenvalue weighted by molar-refractivity contribution is 0.0702. The van der Waals surface area contributed by atoms with Crippen LogP contribution >= 0.6 is 0 Å². The zero-order valence-electron chi connectivity index (χ0n) is 14.1. The summed E-state index contributed by atoms with van der Waals surface area (Å²) >= 11 is 0. The molecule has 0 saturated heterocycles. The molecule has 0 bridgehead atoms. The van der Waals surface area contributed by atoms with Crippen LogP contribution in [-0.4, -0.2) is 28.5 Å². The molecule has 0 unspecified atom stereocenters. The maximum atomic E-state index is 12.8. The average Bonchev–Trinajstić information content (AvgIpc) is 2.61. The van der Waals surface area contributed by atoms with Crippen molar-refractivity contribution in [3.05, 3.63) is 63.6 Å². The van der Waals surface area contributed by atoms with E-state index in [1.165, 1.54) is 0 Å². The Hall–Kier alpha value is -2.56. The maximum Gasteiger partial charge on any atom is 0.274 e. The highest BCUT2D eigenvalue weighted by molar-refractivity contribution is 5.96. The molecule has 3 rings (SSSR count). The highest BCUT2D eigenvalue weighted by Gasteiger charge is 2.29. The van der Waals surface area contributed by atoms with Crippen molar-refractivity contribution in [1.29, 1.82) is 0 Å². The van der Waals surface area contributed by atoms with E-state index in [-0.39, 0.29) is 23.7 Å². The first kappa shape index (κ1) is 16.3. The fourth-order valence-corrected chi connectivity index (χ4v) is 3.08. The van der Waals surface area contributed by atoms with E-state index in [4.69, 9.17) is 4.74 Å². The first-order chi connectivity index (χ1) is 11.7.